The number of rotatable bonds is 8. The molecule has 12 heteroatoms. The minimum Gasteiger partial charge on any atom is -0.478 e. The summed E-state index contributed by atoms with van der Waals surface area (Å²) >= 11 is 0. The number of carbonyl (C=O) groups is 1. The highest BCUT2D eigenvalue weighted by molar-refractivity contribution is 6.13. The van der Waals surface area contributed by atoms with Crippen LogP contribution in [0, 0.1) is 6.92 Å². The van der Waals surface area contributed by atoms with E-state index in [2.05, 4.69) is 49.3 Å². The van der Waals surface area contributed by atoms with E-state index in [1.807, 2.05) is 19.2 Å². The number of methoxy groups -OCH3 is 2. The summed E-state index contributed by atoms with van der Waals surface area (Å²) in [6.45, 7) is 8.54. The summed E-state index contributed by atoms with van der Waals surface area (Å²) in [5.74, 6) is 0.273. The Balaban J connectivity index is 1.53. The number of hydrogen-bond donors (Lipinski definition) is 2. The molecule has 0 spiro atoms. The Labute approximate surface area is 220 Å². The van der Waals surface area contributed by atoms with Gasteiger partial charge < -0.3 is 29.7 Å². The van der Waals surface area contributed by atoms with E-state index >= 15 is 0 Å². The largest absolute Gasteiger partial charge is 0.478 e. The topological polar surface area (TPSA) is 128 Å². The number of ether oxygens (including phenoxy) is 3. The van der Waals surface area contributed by atoms with Crippen LogP contribution in [0.1, 0.15) is 29.9 Å². The molecule has 5 rings (SSSR count). The maximum atomic E-state index is 13.6. The number of nitrogens with zero attached hydrogens (tertiary/aromatic N) is 6. The van der Waals surface area contributed by atoms with Gasteiger partial charge in [0.1, 0.15) is 6.61 Å². The molecular weight excluding hydrogens is 488 g/mol. The third-order valence-electron chi connectivity index (χ3n) is 6.33. The molecule has 0 aliphatic carbocycles. The van der Waals surface area contributed by atoms with Crippen molar-refractivity contribution in [3.05, 3.63) is 42.0 Å². The number of amides is 1. The average molecular weight is 521 g/mol. The molecule has 2 unspecified atom stereocenters. The number of nitrogens with one attached hydrogen (secondary N) is 2. The summed E-state index contributed by atoms with van der Waals surface area (Å²) in [6, 6.07) is 4.55. The summed E-state index contributed by atoms with van der Waals surface area (Å²) in [6.07, 6.45) is 5.26. The summed E-state index contributed by atoms with van der Waals surface area (Å²) < 4.78 is 17.9. The maximum absolute atomic E-state index is 13.6. The molecule has 1 saturated heterocycles. The zero-order valence-electron chi connectivity index (χ0n) is 22.2. The highest BCUT2D eigenvalue weighted by Gasteiger charge is 2.25. The van der Waals surface area contributed by atoms with Crippen molar-refractivity contribution < 1.29 is 19.0 Å². The van der Waals surface area contributed by atoms with Gasteiger partial charge in [-0.2, -0.15) is 9.97 Å². The number of carbonyl (C=O) groups excluding carboxylic acids is 1. The van der Waals surface area contributed by atoms with Crippen LogP contribution in [0.25, 0.3) is 16.6 Å². The molecule has 1 aliphatic heterocycles. The van der Waals surface area contributed by atoms with Crippen LogP contribution in [0.3, 0.4) is 0 Å². The average Bonchev–Trinajstić information content (AvgIpc) is 3.27. The summed E-state index contributed by atoms with van der Waals surface area (Å²) in [5.41, 5.74) is 3.22. The summed E-state index contributed by atoms with van der Waals surface area (Å²) in [4.78, 5) is 33.8. The Hall–Kier alpha value is -4.03. The lowest BCUT2D eigenvalue weighted by Crippen LogP contribution is -2.54. The lowest BCUT2D eigenvalue weighted by Gasteiger charge is -2.38. The second-order valence-electron chi connectivity index (χ2n) is 9.46. The van der Waals surface area contributed by atoms with Crippen LogP contribution in [0.5, 0.6) is 11.9 Å². The van der Waals surface area contributed by atoms with Gasteiger partial charge in [0, 0.05) is 55.8 Å². The fourth-order valence-electron chi connectivity index (χ4n) is 4.83. The SMILES string of the molecule is COCCOc1ncc2c(N3CC(C)NC(C)C3)ccc(C(=O)Nc3cn4cc(C)nc4c(OC)n3)c2n1. The van der Waals surface area contributed by atoms with Crippen molar-refractivity contribution in [3.8, 4) is 11.9 Å². The monoisotopic (exact) mass is 520 g/mol. The molecule has 2 atom stereocenters. The number of aryl methyl sites for hydroxylation is 1. The first-order valence-electron chi connectivity index (χ1n) is 12.5. The van der Waals surface area contributed by atoms with Gasteiger partial charge in [0.05, 0.1) is 36.7 Å². The van der Waals surface area contributed by atoms with Crippen molar-refractivity contribution >= 4 is 34.0 Å². The van der Waals surface area contributed by atoms with Gasteiger partial charge in [-0.05, 0) is 32.9 Å². The van der Waals surface area contributed by atoms with Crippen molar-refractivity contribution in [2.45, 2.75) is 32.9 Å². The maximum Gasteiger partial charge on any atom is 0.317 e. The molecule has 1 aliphatic rings. The highest BCUT2D eigenvalue weighted by Crippen LogP contribution is 2.31. The Morgan fingerprint density at radius 2 is 1.89 bits per heavy atom. The van der Waals surface area contributed by atoms with Gasteiger partial charge in [-0.3, -0.25) is 9.20 Å². The van der Waals surface area contributed by atoms with E-state index in [0.717, 1.165) is 29.9 Å². The van der Waals surface area contributed by atoms with E-state index in [1.54, 1.807) is 30.0 Å². The standard InChI is InChI=1S/C26H32N8O4/c1-15-11-33(12-16(2)28-15)20-7-6-18(22-19(20)10-27-26(32-22)38-9-8-36-4)24(35)30-21-14-34-13-17(3)29-23(34)25(31-21)37-5/h6-7,10,13-16,28H,8-9,11-12H2,1-5H3,(H,30,35). The normalized spacial score (nSPS) is 17.7. The summed E-state index contributed by atoms with van der Waals surface area (Å²) in [5, 5.41) is 7.21. The lowest BCUT2D eigenvalue weighted by atomic mass is 10.0. The number of fused-ring (bicyclic) bond motifs is 2. The third kappa shape index (κ3) is 5.18. The molecule has 0 radical (unpaired) electrons. The van der Waals surface area contributed by atoms with E-state index < -0.39 is 0 Å². The first-order chi connectivity index (χ1) is 18.4. The van der Waals surface area contributed by atoms with Crippen molar-refractivity contribution in [1.82, 2.24) is 29.7 Å². The van der Waals surface area contributed by atoms with Crippen LogP contribution < -0.4 is 25.0 Å². The Morgan fingerprint density at radius 3 is 2.63 bits per heavy atom. The molecule has 0 saturated carbocycles. The second kappa shape index (κ2) is 10.8. The molecular formula is C26H32N8O4. The van der Waals surface area contributed by atoms with Crippen LogP contribution in [0.4, 0.5) is 11.5 Å². The van der Waals surface area contributed by atoms with E-state index in [9.17, 15) is 4.79 Å². The fourth-order valence-corrected chi connectivity index (χ4v) is 4.83. The molecule has 200 valence electrons. The first kappa shape index (κ1) is 25.6. The van der Waals surface area contributed by atoms with Gasteiger partial charge in [0.2, 0.25) is 5.65 Å². The lowest BCUT2D eigenvalue weighted by molar-refractivity contribution is 0.102. The molecule has 2 N–H and O–H groups in total. The number of piperazine rings is 1. The number of imidazole rings is 1. The molecule has 12 nitrogen and oxygen atoms in total. The predicted octanol–water partition coefficient (Wildman–Crippen LogP) is 2.45. The molecule has 38 heavy (non-hydrogen) atoms. The molecule has 1 fully saturated rings. The third-order valence-corrected chi connectivity index (χ3v) is 6.33. The van der Waals surface area contributed by atoms with Gasteiger partial charge in [-0.1, -0.05) is 0 Å². The van der Waals surface area contributed by atoms with Crippen molar-refractivity contribution in [2.24, 2.45) is 0 Å². The van der Waals surface area contributed by atoms with E-state index in [4.69, 9.17) is 14.2 Å². The Bertz CT molecular complexity index is 1460. The Kier molecular flexibility index (Phi) is 7.25. The zero-order valence-corrected chi connectivity index (χ0v) is 22.2. The number of benzene rings is 1. The van der Waals surface area contributed by atoms with Gasteiger partial charge in [-0.15, -0.1) is 0 Å². The quantitative estimate of drug-likeness (QED) is 0.334. The minimum atomic E-state index is -0.365. The van der Waals surface area contributed by atoms with Crippen molar-refractivity contribution in [3.63, 3.8) is 0 Å². The van der Waals surface area contributed by atoms with Gasteiger partial charge >= 0.3 is 6.01 Å². The minimum absolute atomic E-state index is 0.179. The van der Waals surface area contributed by atoms with Gasteiger partial charge in [0.25, 0.3) is 11.8 Å². The molecule has 3 aromatic heterocycles. The van der Waals surface area contributed by atoms with E-state index in [0.29, 0.717) is 53.7 Å². The van der Waals surface area contributed by atoms with Gasteiger partial charge in [0.15, 0.2) is 5.82 Å². The van der Waals surface area contributed by atoms with Crippen LogP contribution in [0.15, 0.2) is 30.7 Å². The molecule has 4 aromatic rings. The number of hydrogen-bond acceptors (Lipinski definition) is 10. The van der Waals surface area contributed by atoms with Gasteiger partial charge in [-0.25, -0.2) is 9.97 Å². The predicted molar refractivity (Wildman–Crippen MR) is 143 cm³/mol. The Morgan fingerprint density at radius 1 is 1.11 bits per heavy atom. The second-order valence-corrected chi connectivity index (χ2v) is 9.46. The first-order valence-corrected chi connectivity index (χ1v) is 12.5. The molecule has 0 bridgehead atoms. The van der Waals surface area contributed by atoms with Crippen LogP contribution in [0.2, 0.25) is 0 Å². The van der Waals surface area contributed by atoms with Crippen LogP contribution in [-0.4, -0.2) is 82.9 Å². The van der Waals surface area contributed by atoms with E-state index in [-0.39, 0.29) is 11.9 Å². The van der Waals surface area contributed by atoms with Crippen molar-refractivity contribution in [2.75, 3.05) is 50.7 Å². The zero-order chi connectivity index (χ0) is 26.8. The number of anilines is 2. The smallest absolute Gasteiger partial charge is 0.317 e. The highest BCUT2D eigenvalue weighted by atomic mass is 16.5. The van der Waals surface area contributed by atoms with Crippen LogP contribution in [-0.2, 0) is 4.74 Å². The molecule has 1 aromatic carbocycles. The van der Waals surface area contributed by atoms with Crippen LogP contribution >= 0.6 is 0 Å². The molecule has 4 heterocycles. The molecule has 1 amide bonds. The summed E-state index contributed by atoms with van der Waals surface area (Å²) in [7, 11) is 3.12. The number of aromatic nitrogens is 5. The van der Waals surface area contributed by atoms with E-state index in [1.165, 1.54) is 7.11 Å². The van der Waals surface area contributed by atoms with Crippen molar-refractivity contribution in [1.29, 1.82) is 0 Å². The fraction of sp³-hybridized carbons (Fsp3) is 0.423.